The lowest BCUT2D eigenvalue weighted by Gasteiger charge is -2.14. The molecule has 0 aromatic heterocycles. The largest absolute Gasteiger partial charge is 0.508 e. The van der Waals surface area contributed by atoms with Gasteiger partial charge in [-0.05, 0) is 81.8 Å². The summed E-state index contributed by atoms with van der Waals surface area (Å²) in [4.78, 5) is 11.3. The summed E-state index contributed by atoms with van der Waals surface area (Å²) in [5.74, 6) is -0.0635. The molecule has 2 fully saturated rings. The van der Waals surface area contributed by atoms with E-state index in [4.69, 9.17) is 0 Å². The van der Waals surface area contributed by atoms with Crippen molar-refractivity contribution in [3.63, 3.8) is 0 Å². The highest BCUT2D eigenvalue weighted by Gasteiger charge is 2.49. The zero-order valence-corrected chi connectivity index (χ0v) is 18.0. The summed E-state index contributed by atoms with van der Waals surface area (Å²) in [6.07, 6.45) is 15.6. The van der Waals surface area contributed by atoms with Gasteiger partial charge in [-0.3, -0.25) is 4.79 Å². The standard InChI is InChI=1S/C25H38O4/c1-24(15-16-24)13-7-3-2-5-9-19-20(22(27)12-11-21(19)26)10-6-4-8-14-25(17-18-25)23(28)29/h11-12,26-27H,2-10,13-18H2,1H3,(H,28,29). The normalized spacial score (nSPS) is 18.5. The van der Waals surface area contributed by atoms with Crippen LogP contribution in [0.1, 0.15) is 102 Å². The van der Waals surface area contributed by atoms with Crippen LogP contribution < -0.4 is 0 Å². The molecule has 4 heteroatoms. The first-order valence-corrected chi connectivity index (χ1v) is 11.6. The number of aliphatic carboxylic acids is 1. The second kappa shape index (κ2) is 9.40. The number of phenolic OH excluding ortho intramolecular Hbond substituents is 2. The van der Waals surface area contributed by atoms with Gasteiger partial charge in [0.2, 0.25) is 0 Å². The average Bonchev–Trinajstić information content (AvgIpc) is 3.60. The number of hydrogen-bond donors (Lipinski definition) is 3. The molecule has 162 valence electrons. The van der Waals surface area contributed by atoms with Crippen LogP contribution in [0.4, 0.5) is 0 Å². The van der Waals surface area contributed by atoms with Gasteiger partial charge in [-0.2, -0.15) is 0 Å². The van der Waals surface area contributed by atoms with E-state index in [0.717, 1.165) is 68.9 Å². The quantitative estimate of drug-likeness (QED) is 0.250. The first-order valence-electron chi connectivity index (χ1n) is 11.6. The lowest BCUT2D eigenvalue weighted by Crippen LogP contribution is -2.14. The molecule has 0 saturated heterocycles. The molecule has 3 N–H and O–H groups in total. The van der Waals surface area contributed by atoms with Crippen LogP contribution >= 0.6 is 0 Å². The third kappa shape index (κ3) is 6.13. The number of hydrogen-bond acceptors (Lipinski definition) is 3. The zero-order chi connectivity index (χ0) is 20.9. The molecule has 1 aromatic rings. The Kier molecular flexibility index (Phi) is 7.13. The first kappa shape index (κ1) is 22.0. The molecule has 2 aliphatic carbocycles. The van der Waals surface area contributed by atoms with Gasteiger partial charge in [0.1, 0.15) is 11.5 Å². The van der Waals surface area contributed by atoms with Crippen LogP contribution in [0.3, 0.4) is 0 Å². The van der Waals surface area contributed by atoms with Crippen molar-refractivity contribution in [2.24, 2.45) is 10.8 Å². The van der Waals surface area contributed by atoms with Gasteiger partial charge in [0.15, 0.2) is 0 Å². The molecule has 2 aliphatic rings. The Morgan fingerprint density at radius 2 is 1.28 bits per heavy atom. The summed E-state index contributed by atoms with van der Waals surface area (Å²) < 4.78 is 0. The van der Waals surface area contributed by atoms with Crippen molar-refractivity contribution < 1.29 is 20.1 Å². The van der Waals surface area contributed by atoms with E-state index in [1.807, 2.05) is 0 Å². The van der Waals surface area contributed by atoms with Crippen molar-refractivity contribution in [2.45, 2.75) is 103 Å². The second-order valence-corrected chi connectivity index (χ2v) is 9.93. The van der Waals surface area contributed by atoms with Gasteiger partial charge >= 0.3 is 5.97 Å². The maximum absolute atomic E-state index is 11.3. The van der Waals surface area contributed by atoms with Crippen LogP contribution in [0.2, 0.25) is 0 Å². The smallest absolute Gasteiger partial charge is 0.309 e. The predicted octanol–water partition coefficient (Wildman–Crippen LogP) is 6.36. The summed E-state index contributed by atoms with van der Waals surface area (Å²) in [5.41, 5.74) is 1.99. The molecule has 2 saturated carbocycles. The fraction of sp³-hybridized carbons (Fsp3) is 0.720. The highest BCUT2D eigenvalue weighted by atomic mass is 16.4. The Morgan fingerprint density at radius 1 is 0.793 bits per heavy atom. The lowest BCUT2D eigenvalue weighted by molar-refractivity contribution is -0.143. The van der Waals surface area contributed by atoms with Gasteiger partial charge < -0.3 is 15.3 Å². The highest BCUT2D eigenvalue weighted by Crippen LogP contribution is 2.50. The van der Waals surface area contributed by atoms with Crippen molar-refractivity contribution in [3.05, 3.63) is 23.3 Å². The topological polar surface area (TPSA) is 77.8 Å². The number of carbonyl (C=O) groups is 1. The Bertz CT molecular complexity index is 701. The third-order valence-corrected chi connectivity index (χ3v) is 7.33. The average molecular weight is 403 g/mol. The number of unbranched alkanes of at least 4 members (excludes halogenated alkanes) is 5. The molecule has 1 aromatic carbocycles. The molecule has 4 nitrogen and oxygen atoms in total. The minimum Gasteiger partial charge on any atom is -0.508 e. The van der Waals surface area contributed by atoms with E-state index in [-0.39, 0.29) is 5.75 Å². The van der Waals surface area contributed by atoms with Crippen molar-refractivity contribution >= 4 is 5.97 Å². The number of benzene rings is 1. The van der Waals surface area contributed by atoms with E-state index in [2.05, 4.69) is 6.92 Å². The molecule has 0 amide bonds. The summed E-state index contributed by atoms with van der Waals surface area (Å²) in [6.45, 7) is 2.39. The number of phenols is 2. The van der Waals surface area contributed by atoms with Gasteiger partial charge in [-0.1, -0.05) is 39.0 Å². The number of rotatable bonds is 14. The van der Waals surface area contributed by atoms with Gasteiger partial charge in [0, 0.05) is 11.1 Å². The Morgan fingerprint density at radius 3 is 1.76 bits per heavy atom. The van der Waals surface area contributed by atoms with E-state index >= 15 is 0 Å². The monoisotopic (exact) mass is 402 g/mol. The summed E-state index contributed by atoms with van der Waals surface area (Å²) >= 11 is 0. The SMILES string of the molecule is CC1(CCCCCCc2c(O)ccc(O)c2CCCCCC2(C(=O)O)CC2)CC1. The van der Waals surface area contributed by atoms with Crippen molar-refractivity contribution in [2.75, 3.05) is 0 Å². The molecular formula is C25H38O4. The molecule has 0 heterocycles. The Balaban J connectivity index is 1.40. The summed E-state index contributed by atoms with van der Waals surface area (Å²) in [6, 6.07) is 3.19. The molecule has 0 radical (unpaired) electrons. The van der Waals surface area contributed by atoms with Crippen LogP contribution in [-0.2, 0) is 17.6 Å². The van der Waals surface area contributed by atoms with Gasteiger partial charge in [0.05, 0.1) is 5.41 Å². The lowest BCUT2D eigenvalue weighted by atomic mass is 9.93. The van der Waals surface area contributed by atoms with Crippen LogP contribution in [0.15, 0.2) is 12.1 Å². The van der Waals surface area contributed by atoms with Crippen molar-refractivity contribution in [3.8, 4) is 11.5 Å². The van der Waals surface area contributed by atoms with E-state index in [9.17, 15) is 20.1 Å². The van der Waals surface area contributed by atoms with E-state index < -0.39 is 11.4 Å². The van der Waals surface area contributed by atoms with Gasteiger partial charge in [0.25, 0.3) is 0 Å². The molecule has 29 heavy (non-hydrogen) atoms. The third-order valence-electron chi connectivity index (χ3n) is 7.33. The second-order valence-electron chi connectivity index (χ2n) is 9.93. The predicted molar refractivity (Wildman–Crippen MR) is 115 cm³/mol. The minimum absolute atomic E-state index is 0.281. The molecule has 0 spiro atoms. The molecule has 0 unspecified atom stereocenters. The zero-order valence-electron chi connectivity index (χ0n) is 18.0. The molecule has 0 bridgehead atoms. The molecule has 0 atom stereocenters. The Hall–Kier alpha value is -1.71. The van der Waals surface area contributed by atoms with Crippen LogP contribution in [0.5, 0.6) is 11.5 Å². The summed E-state index contributed by atoms with van der Waals surface area (Å²) in [5, 5.41) is 29.9. The van der Waals surface area contributed by atoms with Gasteiger partial charge in [-0.25, -0.2) is 0 Å². The number of carboxylic acid groups (broad SMARTS) is 1. The fourth-order valence-electron chi connectivity index (χ4n) is 4.56. The fourth-order valence-corrected chi connectivity index (χ4v) is 4.56. The molecule has 0 aliphatic heterocycles. The molecular weight excluding hydrogens is 364 g/mol. The maximum atomic E-state index is 11.3. The minimum atomic E-state index is -0.642. The van der Waals surface area contributed by atoms with Crippen LogP contribution in [0.25, 0.3) is 0 Å². The highest BCUT2D eigenvalue weighted by molar-refractivity contribution is 5.77. The van der Waals surface area contributed by atoms with E-state index in [1.54, 1.807) is 12.1 Å². The number of carboxylic acids is 1. The number of aromatic hydroxyl groups is 2. The van der Waals surface area contributed by atoms with Crippen molar-refractivity contribution in [1.82, 2.24) is 0 Å². The van der Waals surface area contributed by atoms with E-state index in [0.29, 0.717) is 11.2 Å². The maximum Gasteiger partial charge on any atom is 0.309 e. The van der Waals surface area contributed by atoms with E-state index in [1.165, 1.54) is 38.5 Å². The van der Waals surface area contributed by atoms with Crippen molar-refractivity contribution in [1.29, 1.82) is 0 Å². The summed E-state index contributed by atoms with van der Waals surface area (Å²) in [7, 11) is 0. The van der Waals surface area contributed by atoms with Gasteiger partial charge in [-0.15, -0.1) is 0 Å². The van der Waals surface area contributed by atoms with Crippen LogP contribution in [0, 0.1) is 10.8 Å². The van der Waals surface area contributed by atoms with Crippen LogP contribution in [-0.4, -0.2) is 21.3 Å². The Labute approximate surface area is 175 Å². The first-order chi connectivity index (χ1) is 13.9. The molecule has 3 rings (SSSR count).